The molecule has 1 aliphatic heterocycles. The van der Waals surface area contributed by atoms with Gasteiger partial charge in [-0.05, 0) is 53.6 Å². The van der Waals surface area contributed by atoms with E-state index in [1.807, 2.05) is 24.3 Å². The Hall–Kier alpha value is -1.73. The standard InChI is InChI=1S/C26H36IN3O6/c27-20-6-1-2-7-22(20)36-23-17-19(25(33)28-8-13-31)16-21(24(23)32)30(26(34)18-4-3-5-18)10-9-29-11-14-35-15-12-29/h1-2,6-7,17-18,21,23-24,31-32H,3-5,8-16H2,(H,28,33)/t21-,23+,24+/m1/s1. The van der Waals surface area contributed by atoms with Gasteiger partial charge in [0.05, 0.1) is 29.4 Å². The van der Waals surface area contributed by atoms with Crippen LogP contribution in [0, 0.1) is 9.49 Å². The Balaban J connectivity index is 1.59. The van der Waals surface area contributed by atoms with Crippen molar-refractivity contribution in [1.29, 1.82) is 0 Å². The molecule has 36 heavy (non-hydrogen) atoms. The predicted octanol–water partition coefficient (Wildman–Crippen LogP) is 1.17. The average molecular weight is 613 g/mol. The number of carbonyl (C=O) groups excluding carboxylic acids is 2. The van der Waals surface area contributed by atoms with Crippen molar-refractivity contribution in [3.05, 3.63) is 39.5 Å². The summed E-state index contributed by atoms with van der Waals surface area (Å²) in [5, 5.41) is 23.4. The van der Waals surface area contributed by atoms with Crippen molar-refractivity contribution in [3.8, 4) is 5.75 Å². The summed E-state index contributed by atoms with van der Waals surface area (Å²) in [6, 6.07) is 6.91. The molecule has 0 aromatic heterocycles. The van der Waals surface area contributed by atoms with Gasteiger partial charge in [-0.3, -0.25) is 14.5 Å². The third-order valence-electron chi connectivity index (χ3n) is 7.21. The minimum Gasteiger partial charge on any atom is -0.482 e. The van der Waals surface area contributed by atoms with E-state index in [-0.39, 0.29) is 37.3 Å². The summed E-state index contributed by atoms with van der Waals surface area (Å²) < 4.78 is 12.6. The molecule has 0 bridgehead atoms. The van der Waals surface area contributed by atoms with E-state index in [4.69, 9.17) is 14.6 Å². The number of nitrogens with one attached hydrogen (secondary N) is 1. The molecular weight excluding hydrogens is 577 g/mol. The van der Waals surface area contributed by atoms with E-state index < -0.39 is 18.2 Å². The molecule has 4 rings (SSSR count). The zero-order chi connectivity index (χ0) is 25.5. The molecule has 3 aliphatic rings. The topological polar surface area (TPSA) is 112 Å². The van der Waals surface area contributed by atoms with Gasteiger partial charge in [0.2, 0.25) is 11.8 Å². The fourth-order valence-corrected chi connectivity index (χ4v) is 5.38. The lowest BCUT2D eigenvalue weighted by molar-refractivity contribution is -0.146. The summed E-state index contributed by atoms with van der Waals surface area (Å²) in [5.74, 6) is 0.304. The number of hydrogen-bond acceptors (Lipinski definition) is 7. The van der Waals surface area contributed by atoms with Crippen LogP contribution in [0.4, 0.5) is 0 Å². The highest BCUT2D eigenvalue weighted by molar-refractivity contribution is 14.1. The van der Waals surface area contributed by atoms with Crippen molar-refractivity contribution >= 4 is 34.4 Å². The molecule has 2 amide bonds. The minimum atomic E-state index is -0.996. The summed E-state index contributed by atoms with van der Waals surface area (Å²) >= 11 is 2.17. The van der Waals surface area contributed by atoms with Gasteiger partial charge in [0.15, 0.2) is 0 Å². The molecule has 2 fully saturated rings. The molecule has 1 heterocycles. The van der Waals surface area contributed by atoms with E-state index in [1.54, 1.807) is 11.0 Å². The van der Waals surface area contributed by atoms with Crippen LogP contribution >= 0.6 is 22.6 Å². The molecule has 198 valence electrons. The number of amides is 2. The quantitative estimate of drug-likeness (QED) is 0.340. The Kier molecular flexibility index (Phi) is 10.00. The number of halogens is 1. The zero-order valence-corrected chi connectivity index (χ0v) is 22.6. The first-order valence-corrected chi connectivity index (χ1v) is 13.9. The molecule has 1 saturated heterocycles. The van der Waals surface area contributed by atoms with Gasteiger partial charge in [-0.15, -0.1) is 0 Å². The lowest BCUT2D eigenvalue weighted by Crippen LogP contribution is -2.58. The van der Waals surface area contributed by atoms with E-state index in [0.29, 0.717) is 37.6 Å². The van der Waals surface area contributed by atoms with Crippen molar-refractivity contribution in [1.82, 2.24) is 15.1 Å². The van der Waals surface area contributed by atoms with Gasteiger partial charge in [-0.25, -0.2) is 0 Å². The summed E-state index contributed by atoms with van der Waals surface area (Å²) in [6.45, 7) is 4.09. The number of benzene rings is 1. The third kappa shape index (κ3) is 6.77. The van der Waals surface area contributed by atoms with Crippen molar-refractivity contribution in [2.45, 2.75) is 43.9 Å². The van der Waals surface area contributed by atoms with Crippen molar-refractivity contribution in [3.63, 3.8) is 0 Å². The Morgan fingerprint density at radius 1 is 1.22 bits per heavy atom. The highest BCUT2D eigenvalue weighted by Crippen LogP contribution is 2.33. The Morgan fingerprint density at radius 3 is 2.64 bits per heavy atom. The van der Waals surface area contributed by atoms with Gasteiger partial charge >= 0.3 is 0 Å². The van der Waals surface area contributed by atoms with Crippen LogP contribution in [0.3, 0.4) is 0 Å². The molecule has 1 aromatic carbocycles. The van der Waals surface area contributed by atoms with E-state index >= 15 is 0 Å². The Bertz CT molecular complexity index is 934. The maximum Gasteiger partial charge on any atom is 0.247 e. The van der Waals surface area contributed by atoms with Gasteiger partial charge in [-0.2, -0.15) is 0 Å². The van der Waals surface area contributed by atoms with E-state index in [2.05, 4.69) is 32.8 Å². The minimum absolute atomic E-state index is 0.0334. The van der Waals surface area contributed by atoms with Gasteiger partial charge in [0, 0.05) is 50.6 Å². The van der Waals surface area contributed by atoms with Crippen LogP contribution < -0.4 is 10.1 Å². The number of aliphatic hydroxyl groups excluding tert-OH is 2. The van der Waals surface area contributed by atoms with Crippen LogP contribution in [0.1, 0.15) is 25.7 Å². The first-order chi connectivity index (χ1) is 17.5. The molecule has 9 nitrogen and oxygen atoms in total. The number of ether oxygens (including phenoxy) is 2. The summed E-state index contributed by atoms with van der Waals surface area (Å²) in [7, 11) is 0. The summed E-state index contributed by atoms with van der Waals surface area (Å²) in [6.07, 6.45) is 2.85. The van der Waals surface area contributed by atoms with Crippen molar-refractivity contribution < 1.29 is 29.3 Å². The van der Waals surface area contributed by atoms with Gasteiger partial charge in [0.25, 0.3) is 0 Å². The second-order valence-corrected chi connectivity index (χ2v) is 10.7. The summed E-state index contributed by atoms with van der Waals surface area (Å²) in [4.78, 5) is 30.6. The highest BCUT2D eigenvalue weighted by Gasteiger charge is 2.42. The number of para-hydroxylation sites is 1. The number of hydrogen-bond donors (Lipinski definition) is 3. The smallest absolute Gasteiger partial charge is 0.247 e. The van der Waals surface area contributed by atoms with Crippen LogP contribution in [0.25, 0.3) is 0 Å². The molecular formula is C26H36IN3O6. The molecule has 3 N–H and O–H groups in total. The second-order valence-electron chi connectivity index (χ2n) is 9.56. The van der Waals surface area contributed by atoms with Gasteiger partial charge in [0.1, 0.15) is 18.0 Å². The van der Waals surface area contributed by atoms with Crippen LogP contribution in [0.5, 0.6) is 5.75 Å². The SMILES string of the molecule is O=C(NCCO)C1=C[C@H](Oc2ccccc2I)[C@@H](O)[C@H](N(CCN2CCOCC2)C(=O)C2CCC2)C1. The van der Waals surface area contributed by atoms with Gasteiger partial charge < -0.3 is 29.9 Å². The molecule has 0 radical (unpaired) electrons. The predicted molar refractivity (Wildman–Crippen MR) is 142 cm³/mol. The van der Waals surface area contributed by atoms with Crippen LogP contribution in [-0.4, -0.2) is 103 Å². The number of aliphatic hydroxyl groups is 2. The third-order valence-corrected chi connectivity index (χ3v) is 8.10. The number of morpholine rings is 1. The largest absolute Gasteiger partial charge is 0.482 e. The van der Waals surface area contributed by atoms with Gasteiger partial charge in [-0.1, -0.05) is 18.6 Å². The zero-order valence-electron chi connectivity index (χ0n) is 20.5. The van der Waals surface area contributed by atoms with Crippen molar-refractivity contribution in [2.75, 3.05) is 52.5 Å². The monoisotopic (exact) mass is 613 g/mol. The lowest BCUT2D eigenvalue weighted by Gasteiger charge is -2.43. The van der Waals surface area contributed by atoms with E-state index in [9.17, 15) is 14.7 Å². The highest BCUT2D eigenvalue weighted by atomic mass is 127. The normalized spacial score (nSPS) is 25.0. The van der Waals surface area contributed by atoms with Crippen LogP contribution in [-0.2, 0) is 14.3 Å². The summed E-state index contributed by atoms with van der Waals surface area (Å²) in [5.41, 5.74) is 0.451. The Labute approximate surface area is 225 Å². The van der Waals surface area contributed by atoms with Crippen LogP contribution in [0.15, 0.2) is 35.9 Å². The number of nitrogens with zero attached hydrogens (tertiary/aromatic N) is 2. The lowest BCUT2D eigenvalue weighted by atomic mass is 9.82. The number of rotatable bonds is 10. The molecule has 0 unspecified atom stereocenters. The average Bonchev–Trinajstić information content (AvgIpc) is 2.85. The first kappa shape index (κ1) is 27.3. The van der Waals surface area contributed by atoms with E-state index in [1.165, 1.54) is 0 Å². The molecule has 1 saturated carbocycles. The molecule has 0 spiro atoms. The first-order valence-electron chi connectivity index (χ1n) is 12.8. The molecule has 3 atom stereocenters. The number of carbonyl (C=O) groups is 2. The maximum absolute atomic E-state index is 13.6. The van der Waals surface area contributed by atoms with E-state index in [0.717, 1.165) is 35.9 Å². The molecule has 10 heteroatoms. The van der Waals surface area contributed by atoms with Crippen LogP contribution in [0.2, 0.25) is 0 Å². The maximum atomic E-state index is 13.6. The Morgan fingerprint density at radius 2 is 1.97 bits per heavy atom. The second kappa shape index (κ2) is 13.2. The molecule has 1 aromatic rings. The molecule has 2 aliphatic carbocycles. The fraction of sp³-hybridized carbons (Fsp3) is 0.615. The fourth-order valence-electron chi connectivity index (χ4n) is 4.87. The van der Waals surface area contributed by atoms with Crippen molar-refractivity contribution in [2.24, 2.45) is 5.92 Å².